The van der Waals surface area contributed by atoms with Crippen molar-refractivity contribution in [2.24, 2.45) is 0 Å². The normalized spacial score (nSPS) is 18.5. The number of aromatic nitrogens is 2. The summed E-state index contributed by atoms with van der Waals surface area (Å²) in [4.78, 5) is 29.0. The molecule has 0 spiro atoms. The van der Waals surface area contributed by atoms with E-state index in [1.807, 2.05) is 36.1 Å². The van der Waals surface area contributed by atoms with Crippen molar-refractivity contribution >= 4 is 29.3 Å². The third-order valence-corrected chi connectivity index (χ3v) is 3.80. The predicted molar refractivity (Wildman–Crippen MR) is 83.9 cm³/mol. The van der Waals surface area contributed by atoms with Crippen molar-refractivity contribution in [3.8, 4) is 0 Å². The van der Waals surface area contributed by atoms with Crippen LogP contribution in [0.3, 0.4) is 0 Å². The van der Waals surface area contributed by atoms with E-state index in [1.165, 1.54) is 4.57 Å². The average molecular weight is 311 g/mol. The fourth-order valence-electron chi connectivity index (χ4n) is 2.70. The molecule has 2 N–H and O–H groups in total. The first-order valence-corrected chi connectivity index (χ1v) is 6.84. The number of benzene rings is 1. The zero-order chi connectivity index (χ0) is 14.1. The number of amides is 1. The van der Waals surface area contributed by atoms with Crippen molar-refractivity contribution in [2.45, 2.75) is 19.5 Å². The maximum atomic E-state index is 12.4. The molecule has 21 heavy (non-hydrogen) atoms. The standard InChI is InChI=1S/C14H18N4O2.ClH/c1-10-8-15-6-7-17(10)13(19)9-18-12-5-3-2-4-11(12)16-14(18)20;/h2-5,10,15H,6-9H2,1H3,(H,16,20);1H. The number of nitrogens with zero attached hydrogens (tertiary/aromatic N) is 2. The molecule has 1 amide bonds. The molecule has 1 unspecified atom stereocenters. The van der Waals surface area contributed by atoms with Gasteiger partial charge in [0.1, 0.15) is 6.54 Å². The van der Waals surface area contributed by atoms with E-state index < -0.39 is 0 Å². The number of halogens is 1. The van der Waals surface area contributed by atoms with Crippen LogP contribution in [0.1, 0.15) is 6.92 Å². The van der Waals surface area contributed by atoms with E-state index in [0.29, 0.717) is 6.54 Å². The lowest BCUT2D eigenvalue weighted by Crippen LogP contribution is -2.53. The molecule has 1 saturated heterocycles. The Morgan fingerprint density at radius 1 is 1.38 bits per heavy atom. The summed E-state index contributed by atoms with van der Waals surface area (Å²) in [5.41, 5.74) is 1.30. The molecular formula is C14H19ClN4O2. The predicted octanol–water partition coefficient (Wildman–Crippen LogP) is 0.572. The van der Waals surface area contributed by atoms with Gasteiger partial charge in [-0.3, -0.25) is 9.36 Å². The number of carbonyl (C=O) groups is 1. The summed E-state index contributed by atoms with van der Waals surface area (Å²) in [6.07, 6.45) is 0. The zero-order valence-corrected chi connectivity index (χ0v) is 12.7. The summed E-state index contributed by atoms with van der Waals surface area (Å²) >= 11 is 0. The SMILES string of the molecule is CC1CNCCN1C(=O)Cn1c(=O)[nH]c2ccccc21.Cl. The Kier molecular flexibility index (Phi) is 4.69. The van der Waals surface area contributed by atoms with E-state index in [-0.39, 0.29) is 36.6 Å². The Hall–Kier alpha value is -1.79. The molecule has 3 rings (SSSR count). The first kappa shape index (κ1) is 15.6. The fraction of sp³-hybridized carbons (Fsp3) is 0.429. The molecule has 1 aliphatic heterocycles. The van der Waals surface area contributed by atoms with E-state index >= 15 is 0 Å². The highest BCUT2D eigenvalue weighted by Gasteiger charge is 2.23. The van der Waals surface area contributed by atoms with Crippen molar-refractivity contribution in [1.29, 1.82) is 0 Å². The van der Waals surface area contributed by atoms with Gasteiger partial charge in [-0.05, 0) is 19.1 Å². The Morgan fingerprint density at radius 3 is 2.90 bits per heavy atom. The summed E-state index contributed by atoms with van der Waals surface area (Å²) in [5, 5.41) is 3.25. The number of H-pyrrole nitrogens is 1. The third kappa shape index (κ3) is 2.96. The van der Waals surface area contributed by atoms with Crippen molar-refractivity contribution in [1.82, 2.24) is 19.8 Å². The first-order valence-electron chi connectivity index (χ1n) is 6.84. The quantitative estimate of drug-likeness (QED) is 0.852. The van der Waals surface area contributed by atoms with Gasteiger partial charge in [0.15, 0.2) is 0 Å². The molecule has 1 aromatic carbocycles. The molecule has 1 aromatic heterocycles. The minimum absolute atomic E-state index is 0. The van der Waals surface area contributed by atoms with Crippen LogP contribution in [0.4, 0.5) is 0 Å². The van der Waals surface area contributed by atoms with Crippen LogP contribution in [0.15, 0.2) is 29.1 Å². The highest BCUT2D eigenvalue weighted by Crippen LogP contribution is 2.10. The zero-order valence-electron chi connectivity index (χ0n) is 11.8. The Morgan fingerprint density at radius 2 is 2.14 bits per heavy atom. The molecule has 2 aromatic rings. The number of hydrogen-bond acceptors (Lipinski definition) is 3. The van der Waals surface area contributed by atoms with E-state index in [0.717, 1.165) is 24.1 Å². The van der Waals surface area contributed by atoms with Crippen LogP contribution in [-0.4, -0.2) is 46.0 Å². The van der Waals surface area contributed by atoms with Gasteiger partial charge < -0.3 is 15.2 Å². The lowest BCUT2D eigenvalue weighted by atomic mass is 10.2. The number of imidazole rings is 1. The Bertz CT molecular complexity index is 694. The van der Waals surface area contributed by atoms with E-state index in [4.69, 9.17) is 0 Å². The molecule has 1 fully saturated rings. The van der Waals surface area contributed by atoms with Crippen LogP contribution in [-0.2, 0) is 11.3 Å². The average Bonchev–Trinajstić information content (AvgIpc) is 2.76. The molecule has 0 aliphatic carbocycles. The second-order valence-electron chi connectivity index (χ2n) is 5.17. The van der Waals surface area contributed by atoms with Crippen molar-refractivity contribution in [2.75, 3.05) is 19.6 Å². The van der Waals surface area contributed by atoms with Crippen molar-refractivity contribution in [3.63, 3.8) is 0 Å². The van der Waals surface area contributed by atoms with Gasteiger partial charge in [-0.15, -0.1) is 12.4 Å². The molecule has 1 atom stereocenters. The van der Waals surface area contributed by atoms with E-state index in [2.05, 4.69) is 10.3 Å². The molecule has 2 heterocycles. The molecule has 6 nitrogen and oxygen atoms in total. The van der Waals surface area contributed by atoms with Gasteiger partial charge in [-0.25, -0.2) is 4.79 Å². The van der Waals surface area contributed by atoms with Crippen LogP contribution in [0.25, 0.3) is 11.0 Å². The van der Waals surface area contributed by atoms with Gasteiger partial charge in [0.2, 0.25) is 5.91 Å². The first-order chi connectivity index (χ1) is 9.66. The monoisotopic (exact) mass is 310 g/mol. The molecule has 114 valence electrons. The molecule has 7 heteroatoms. The summed E-state index contributed by atoms with van der Waals surface area (Å²) in [6.45, 7) is 4.40. The second-order valence-corrected chi connectivity index (χ2v) is 5.17. The molecule has 1 aliphatic rings. The number of fused-ring (bicyclic) bond motifs is 1. The molecule has 0 bridgehead atoms. The minimum Gasteiger partial charge on any atom is -0.336 e. The molecule has 0 saturated carbocycles. The summed E-state index contributed by atoms with van der Waals surface area (Å²) < 4.78 is 1.51. The number of hydrogen-bond donors (Lipinski definition) is 2. The maximum Gasteiger partial charge on any atom is 0.326 e. The minimum atomic E-state index is -0.234. The Balaban J connectivity index is 0.00000161. The van der Waals surface area contributed by atoms with Gasteiger partial charge in [0.25, 0.3) is 0 Å². The Labute approximate surface area is 128 Å². The lowest BCUT2D eigenvalue weighted by Gasteiger charge is -2.34. The summed E-state index contributed by atoms with van der Waals surface area (Å²) in [7, 11) is 0. The fourth-order valence-corrected chi connectivity index (χ4v) is 2.70. The number of piperazine rings is 1. The van der Waals surface area contributed by atoms with Gasteiger partial charge >= 0.3 is 5.69 Å². The topological polar surface area (TPSA) is 70.1 Å². The van der Waals surface area contributed by atoms with Gasteiger partial charge in [0.05, 0.1) is 11.0 Å². The van der Waals surface area contributed by atoms with Gasteiger partial charge in [-0.2, -0.15) is 0 Å². The van der Waals surface area contributed by atoms with Gasteiger partial charge in [0, 0.05) is 25.7 Å². The third-order valence-electron chi connectivity index (χ3n) is 3.80. The van der Waals surface area contributed by atoms with Crippen LogP contribution in [0.2, 0.25) is 0 Å². The molecular weight excluding hydrogens is 292 g/mol. The highest BCUT2D eigenvalue weighted by molar-refractivity contribution is 5.85. The van der Waals surface area contributed by atoms with E-state index in [9.17, 15) is 9.59 Å². The van der Waals surface area contributed by atoms with Crippen LogP contribution < -0.4 is 11.0 Å². The van der Waals surface area contributed by atoms with Crippen LogP contribution >= 0.6 is 12.4 Å². The van der Waals surface area contributed by atoms with Crippen molar-refractivity contribution in [3.05, 3.63) is 34.7 Å². The van der Waals surface area contributed by atoms with Crippen LogP contribution in [0, 0.1) is 0 Å². The number of para-hydroxylation sites is 2. The van der Waals surface area contributed by atoms with Crippen molar-refractivity contribution < 1.29 is 4.79 Å². The smallest absolute Gasteiger partial charge is 0.326 e. The number of carbonyl (C=O) groups excluding carboxylic acids is 1. The summed E-state index contributed by atoms with van der Waals surface area (Å²) in [5.74, 6) is -0.00847. The van der Waals surface area contributed by atoms with Crippen LogP contribution in [0.5, 0.6) is 0 Å². The lowest BCUT2D eigenvalue weighted by molar-refractivity contribution is -0.134. The largest absolute Gasteiger partial charge is 0.336 e. The number of aromatic amines is 1. The van der Waals surface area contributed by atoms with Gasteiger partial charge in [-0.1, -0.05) is 12.1 Å². The van der Waals surface area contributed by atoms with E-state index in [1.54, 1.807) is 0 Å². The summed E-state index contributed by atoms with van der Waals surface area (Å²) in [6, 6.07) is 7.58. The highest BCUT2D eigenvalue weighted by atomic mass is 35.5. The number of nitrogens with one attached hydrogen (secondary N) is 2. The molecule has 0 radical (unpaired) electrons. The second kappa shape index (κ2) is 6.32. The maximum absolute atomic E-state index is 12.4. The number of rotatable bonds is 2.